The van der Waals surface area contributed by atoms with Crippen molar-refractivity contribution >= 4 is 57.8 Å². The Kier molecular flexibility index (Phi) is 11.9. The minimum Gasteiger partial charge on any atom is -0.371 e. The molecule has 4 aromatic rings. The van der Waals surface area contributed by atoms with Crippen LogP contribution in [0.1, 0.15) is 134 Å². The fraction of sp³-hybridized carbons (Fsp3) is 0.589. The van der Waals surface area contributed by atoms with E-state index in [1.165, 1.54) is 25.3 Å². The van der Waals surface area contributed by atoms with Crippen LogP contribution in [0, 0.1) is 17.2 Å². The molecule has 380 valence electrons. The Balaban J connectivity index is 0.723. The van der Waals surface area contributed by atoms with Crippen molar-refractivity contribution in [2.24, 2.45) is 11.3 Å². The lowest BCUT2D eigenvalue weighted by Crippen LogP contribution is -2.59. The maximum atomic E-state index is 15.4. The van der Waals surface area contributed by atoms with Gasteiger partial charge in [0.1, 0.15) is 11.3 Å². The first kappa shape index (κ1) is 47.1. The largest absolute Gasteiger partial charge is 0.371 e. The number of carbonyl (C=O) groups is 5. The van der Waals surface area contributed by atoms with E-state index in [1.807, 2.05) is 29.1 Å². The number of anilines is 3. The highest BCUT2D eigenvalue weighted by atomic mass is 19.1. The van der Waals surface area contributed by atoms with E-state index in [2.05, 4.69) is 68.0 Å². The number of piperidine rings is 4. The topological polar surface area (TPSA) is 156 Å². The molecule has 0 radical (unpaired) electrons. The van der Waals surface area contributed by atoms with Crippen LogP contribution in [0.25, 0.3) is 22.3 Å². The highest BCUT2D eigenvalue weighted by Gasteiger charge is 2.57. The summed E-state index contributed by atoms with van der Waals surface area (Å²) < 4.78 is 17.6. The first-order valence-corrected chi connectivity index (χ1v) is 27.1. The SMILES string of the molecule is CC(C)n1cnc2cc(-c3ccc4c(c3)N(C3CC(N5CCCCC5)C3)C(=O)C43CCN(C(=O)[C@]4(C)CCN(C(=O)C5CCN(c6ccc([C@H]7CCC(=O)NC7=O)c(F)c6)CC5)C4)CC3)nc(NC3CC3)c21. The Morgan fingerprint density at radius 2 is 1.58 bits per heavy atom. The van der Waals surface area contributed by atoms with Crippen LogP contribution < -0.4 is 20.4 Å². The second-order valence-electron chi connectivity index (χ2n) is 23.1. The Hall–Kier alpha value is -5.90. The fourth-order valence-electron chi connectivity index (χ4n) is 13.5. The van der Waals surface area contributed by atoms with Gasteiger partial charge in [-0.2, -0.15) is 0 Å². The first-order chi connectivity index (χ1) is 34.8. The average Bonchev–Trinajstić information content (AvgIpc) is 3.85. The van der Waals surface area contributed by atoms with Crippen LogP contribution in [0.2, 0.25) is 0 Å². The van der Waals surface area contributed by atoms with Crippen molar-refractivity contribution in [2.75, 3.05) is 67.5 Å². The second kappa shape index (κ2) is 18.2. The molecule has 5 saturated heterocycles. The third kappa shape index (κ3) is 8.23. The summed E-state index contributed by atoms with van der Waals surface area (Å²) in [6, 6.07) is 14.8. The summed E-state index contributed by atoms with van der Waals surface area (Å²) in [6.07, 6.45) is 13.3. The van der Waals surface area contributed by atoms with Gasteiger partial charge in [0.2, 0.25) is 29.5 Å². The summed E-state index contributed by atoms with van der Waals surface area (Å²) in [7, 11) is 0. The normalized spacial score (nSPS) is 27.0. The first-order valence-electron chi connectivity index (χ1n) is 27.1. The van der Waals surface area contributed by atoms with Gasteiger partial charge in [0.05, 0.1) is 34.3 Å². The number of benzene rings is 2. The van der Waals surface area contributed by atoms with Crippen molar-refractivity contribution < 1.29 is 28.4 Å². The fourth-order valence-corrected chi connectivity index (χ4v) is 13.5. The summed E-state index contributed by atoms with van der Waals surface area (Å²) >= 11 is 0. The Bertz CT molecular complexity index is 2830. The van der Waals surface area contributed by atoms with Crippen molar-refractivity contribution in [1.82, 2.24) is 34.6 Å². The molecule has 0 unspecified atom stereocenters. The minimum atomic E-state index is -0.720. The molecule has 1 spiro atoms. The molecule has 15 nitrogen and oxygen atoms in total. The molecule has 2 aromatic heterocycles. The van der Waals surface area contributed by atoms with Gasteiger partial charge < -0.3 is 34.4 Å². The number of carbonyl (C=O) groups excluding carboxylic acids is 5. The van der Waals surface area contributed by atoms with Crippen LogP contribution in [0.5, 0.6) is 0 Å². The molecule has 2 saturated carbocycles. The van der Waals surface area contributed by atoms with Gasteiger partial charge in [0.15, 0.2) is 5.82 Å². The molecule has 0 bridgehead atoms. The molecule has 8 heterocycles. The highest BCUT2D eigenvalue weighted by molar-refractivity contribution is 6.09. The third-order valence-electron chi connectivity index (χ3n) is 18.1. The van der Waals surface area contributed by atoms with Crippen molar-refractivity contribution in [2.45, 2.75) is 146 Å². The number of likely N-dealkylation sites (tertiary alicyclic amines) is 3. The van der Waals surface area contributed by atoms with E-state index in [9.17, 15) is 19.2 Å². The van der Waals surface area contributed by atoms with Crippen LogP contribution in [0.4, 0.5) is 21.6 Å². The molecule has 7 fully saturated rings. The zero-order valence-electron chi connectivity index (χ0n) is 42.1. The monoisotopic (exact) mass is 981 g/mol. The number of hydrogen-bond donors (Lipinski definition) is 2. The smallest absolute Gasteiger partial charge is 0.238 e. The van der Waals surface area contributed by atoms with Gasteiger partial charge in [0, 0.05) is 98.3 Å². The van der Waals surface area contributed by atoms with Gasteiger partial charge in [-0.15, -0.1) is 0 Å². The number of imidazole rings is 1. The number of hydrogen-bond acceptors (Lipinski definition) is 10. The lowest BCUT2D eigenvalue weighted by Gasteiger charge is -2.48. The molecule has 6 aliphatic heterocycles. The van der Waals surface area contributed by atoms with Crippen molar-refractivity contribution in [3.63, 3.8) is 0 Å². The number of imide groups is 1. The summed E-state index contributed by atoms with van der Waals surface area (Å²) in [6.45, 7) is 11.6. The number of rotatable bonds is 10. The molecule has 12 rings (SSSR count). The maximum absolute atomic E-state index is 15.4. The molecule has 2 aromatic carbocycles. The Morgan fingerprint density at radius 3 is 2.29 bits per heavy atom. The third-order valence-corrected chi connectivity index (χ3v) is 18.1. The Morgan fingerprint density at radius 1 is 0.833 bits per heavy atom. The van der Waals surface area contributed by atoms with Gasteiger partial charge >= 0.3 is 0 Å². The predicted octanol–water partition coefficient (Wildman–Crippen LogP) is 7.29. The van der Waals surface area contributed by atoms with Gasteiger partial charge in [-0.1, -0.05) is 24.6 Å². The predicted molar refractivity (Wildman–Crippen MR) is 273 cm³/mol. The lowest BCUT2D eigenvalue weighted by molar-refractivity contribution is -0.145. The molecular formula is C56H69FN10O5. The second-order valence-corrected chi connectivity index (χ2v) is 23.1. The number of pyridine rings is 1. The van der Waals surface area contributed by atoms with Crippen LogP contribution in [-0.4, -0.2) is 129 Å². The van der Waals surface area contributed by atoms with E-state index < -0.39 is 28.5 Å². The molecule has 5 amide bonds. The molecular weight excluding hydrogens is 912 g/mol. The van der Waals surface area contributed by atoms with Gasteiger partial charge in [-0.3, -0.25) is 29.3 Å². The Labute approximate surface area is 421 Å². The lowest BCUT2D eigenvalue weighted by atomic mass is 9.72. The molecule has 2 aliphatic carbocycles. The average molecular weight is 981 g/mol. The zero-order chi connectivity index (χ0) is 49.6. The van der Waals surface area contributed by atoms with Crippen LogP contribution in [0.15, 0.2) is 48.8 Å². The number of nitrogens with one attached hydrogen (secondary N) is 2. The van der Waals surface area contributed by atoms with Gasteiger partial charge in [0.25, 0.3) is 0 Å². The van der Waals surface area contributed by atoms with E-state index in [1.54, 1.807) is 6.07 Å². The van der Waals surface area contributed by atoms with E-state index in [0.717, 1.165) is 78.1 Å². The van der Waals surface area contributed by atoms with E-state index >= 15 is 9.18 Å². The van der Waals surface area contributed by atoms with Crippen molar-refractivity contribution in [3.05, 3.63) is 65.7 Å². The number of fused-ring (bicyclic) bond motifs is 3. The number of amides is 5. The van der Waals surface area contributed by atoms with Crippen molar-refractivity contribution in [3.8, 4) is 11.3 Å². The van der Waals surface area contributed by atoms with Gasteiger partial charge in [-0.05, 0) is 141 Å². The molecule has 2 atom stereocenters. The summed E-state index contributed by atoms with van der Waals surface area (Å²) in [4.78, 5) is 88.8. The maximum Gasteiger partial charge on any atom is 0.238 e. The molecule has 2 N–H and O–H groups in total. The van der Waals surface area contributed by atoms with E-state index in [0.29, 0.717) is 94.7 Å². The summed E-state index contributed by atoms with van der Waals surface area (Å²) in [5.74, 6) is -0.980. The number of nitrogens with zero attached hydrogens (tertiary/aromatic N) is 8. The molecule has 72 heavy (non-hydrogen) atoms. The van der Waals surface area contributed by atoms with Crippen LogP contribution >= 0.6 is 0 Å². The van der Waals surface area contributed by atoms with E-state index in [-0.39, 0.29) is 54.5 Å². The molecule has 16 heteroatoms. The van der Waals surface area contributed by atoms with E-state index in [4.69, 9.17) is 9.97 Å². The number of aromatic nitrogens is 3. The number of halogens is 1. The van der Waals surface area contributed by atoms with Crippen molar-refractivity contribution in [1.29, 1.82) is 0 Å². The van der Waals surface area contributed by atoms with Crippen LogP contribution in [0.3, 0.4) is 0 Å². The van der Waals surface area contributed by atoms with Gasteiger partial charge in [-0.25, -0.2) is 14.4 Å². The summed E-state index contributed by atoms with van der Waals surface area (Å²) in [5, 5.41) is 6.01. The highest BCUT2D eigenvalue weighted by Crippen LogP contribution is 2.53. The molecule has 8 aliphatic rings. The zero-order valence-corrected chi connectivity index (χ0v) is 42.1. The van der Waals surface area contributed by atoms with Crippen LogP contribution in [-0.2, 0) is 29.4 Å². The quantitative estimate of drug-likeness (QED) is 0.155. The minimum absolute atomic E-state index is 0.0588. The summed E-state index contributed by atoms with van der Waals surface area (Å²) in [5.41, 5.74) is 5.35. The standard InChI is InChI=1S/C56H69FN10O5/c1-34(2)66-33-58-46-31-45(60-50(49(46)66)59-37-8-9-37)36-7-13-43-47(27-36)67(40-28-39(29-40)62-20-5-4-6-21-62)54(72)56(43)18-25-64(26-19-56)53(71)55(3)17-24-65(32-55)52(70)35-15-22-63(23-16-35)38-10-11-41(44(57)30-38)42-12-14-48(68)61-51(42)69/h7,10-11,13,27,30-31,33-35,37,39-40,42H,4-6,8-9,12,14-26,28-29,32H2,1-3H3,(H,59,60)(H,61,68,69)/t39?,40?,42-,55-/m1/s1.